The number of nitrogens with zero attached hydrogens (tertiary/aromatic N) is 7. The van der Waals surface area contributed by atoms with E-state index in [9.17, 15) is 4.79 Å². The lowest BCUT2D eigenvalue weighted by molar-refractivity contribution is 0.0952. The molecule has 0 unspecified atom stereocenters. The van der Waals surface area contributed by atoms with E-state index in [2.05, 4.69) is 49.2 Å². The monoisotopic (exact) mass is 528 g/mol. The molecule has 0 bridgehead atoms. The summed E-state index contributed by atoms with van der Waals surface area (Å²) in [7, 11) is 5.79. The maximum absolute atomic E-state index is 12.8. The van der Waals surface area contributed by atoms with Crippen molar-refractivity contribution >= 4 is 28.4 Å². The summed E-state index contributed by atoms with van der Waals surface area (Å²) in [5.41, 5.74) is 3.33. The quantitative estimate of drug-likeness (QED) is 0.314. The lowest BCUT2D eigenvalue weighted by Gasteiger charge is -2.37. The first-order valence-corrected chi connectivity index (χ1v) is 13.4. The average molecular weight is 529 g/mol. The van der Waals surface area contributed by atoms with Gasteiger partial charge < -0.3 is 24.8 Å². The molecule has 1 fully saturated rings. The highest BCUT2D eigenvalue weighted by atomic mass is 16.5. The highest BCUT2D eigenvalue weighted by molar-refractivity contribution is 5.95. The summed E-state index contributed by atoms with van der Waals surface area (Å²) in [4.78, 5) is 28.7. The number of aromatic nitrogens is 4. The largest absolute Gasteiger partial charge is 0.495 e. The molecule has 0 radical (unpaired) electrons. The molecule has 5 rings (SSSR count). The highest BCUT2D eigenvalue weighted by Gasteiger charge is 2.24. The molecule has 10 heteroatoms. The van der Waals surface area contributed by atoms with Crippen molar-refractivity contribution in [3.63, 3.8) is 0 Å². The van der Waals surface area contributed by atoms with Crippen LogP contribution in [0.3, 0.4) is 0 Å². The second-order valence-corrected chi connectivity index (χ2v) is 9.95. The van der Waals surface area contributed by atoms with Crippen molar-refractivity contribution in [3.8, 4) is 11.4 Å². The van der Waals surface area contributed by atoms with Gasteiger partial charge in [0.2, 0.25) is 0 Å². The van der Waals surface area contributed by atoms with Crippen LogP contribution in [0.5, 0.6) is 5.75 Å². The molecule has 0 saturated carbocycles. The van der Waals surface area contributed by atoms with E-state index < -0.39 is 0 Å². The third-order valence-electron chi connectivity index (χ3n) is 7.02. The van der Waals surface area contributed by atoms with Crippen LogP contribution in [0.25, 0.3) is 16.7 Å². The topological polar surface area (TPSA) is 91.7 Å². The van der Waals surface area contributed by atoms with Crippen LogP contribution >= 0.6 is 0 Å². The van der Waals surface area contributed by atoms with E-state index >= 15 is 0 Å². The van der Waals surface area contributed by atoms with E-state index in [0.717, 1.165) is 79.5 Å². The smallest absolute Gasteiger partial charge is 0.251 e. The molecule has 1 amide bonds. The predicted molar refractivity (Wildman–Crippen MR) is 154 cm³/mol. The second kappa shape index (κ2) is 12.1. The number of fused-ring (bicyclic) bond motifs is 1. The fourth-order valence-corrected chi connectivity index (χ4v) is 4.94. The zero-order valence-electron chi connectivity index (χ0n) is 22.9. The number of para-hydroxylation sites is 1. The summed E-state index contributed by atoms with van der Waals surface area (Å²) in [6.45, 7) is 4.77. The summed E-state index contributed by atoms with van der Waals surface area (Å²) < 4.78 is 7.51. The van der Waals surface area contributed by atoms with E-state index in [-0.39, 0.29) is 5.91 Å². The number of hydrogen-bond acceptors (Lipinski definition) is 8. The molecule has 1 aliphatic rings. The molecule has 0 aliphatic carbocycles. The molecular formula is C29H36N8O2. The third kappa shape index (κ3) is 5.96. The molecule has 0 atom stereocenters. The predicted octanol–water partition coefficient (Wildman–Crippen LogP) is 3.22. The van der Waals surface area contributed by atoms with Gasteiger partial charge in [-0.1, -0.05) is 18.2 Å². The Labute approximate surface area is 229 Å². The minimum Gasteiger partial charge on any atom is -0.495 e. The molecule has 1 aliphatic heterocycles. The fraction of sp³-hybridized carbons (Fsp3) is 0.379. The lowest BCUT2D eigenvalue weighted by atomic mass is 10.1. The Morgan fingerprint density at radius 2 is 1.77 bits per heavy atom. The molecular weight excluding hydrogens is 492 g/mol. The Bertz CT molecular complexity index is 1400. The van der Waals surface area contributed by atoms with Gasteiger partial charge in [-0.2, -0.15) is 5.10 Å². The van der Waals surface area contributed by atoms with Crippen LogP contribution in [0.4, 0.5) is 11.5 Å². The van der Waals surface area contributed by atoms with Crippen molar-refractivity contribution in [3.05, 3.63) is 66.6 Å². The van der Waals surface area contributed by atoms with Crippen LogP contribution in [0.2, 0.25) is 0 Å². The van der Waals surface area contributed by atoms with Crippen molar-refractivity contribution < 1.29 is 9.53 Å². The number of benzene rings is 2. The summed E-state index contributed by atoms with van der Waals surface area (Å²) in [5.74, 6) is 1.59. The number of amides is 1. The number of carbonyl (C=O) groups excluding carboxylic acids is 1. The van der Waals surface area contributed by atoms with Gasteiger partial charge in [-0.3, -0.25) is 4.79 Å². The van der Waals surface area contributed by atoms with Crippen molar-refractivity contribution in [2.24, 2.45) is 0 Å². The number of piperazine rings is 1. The van der Waals surface area contributed by atoms with E-state index in [4.69, 9.17) is 4.74 Å². The standard InChI is InChI=1S/C29H36N8O2/c1-34(2)14-8-7-13-30-29(38)22-11-12-26(39-3)25(19-22)35-15-17-36(18-16-35)27-24-20-33-37(28(24)32-21-31-27)23-9-5-4-6-10-23/h4-6,9-12,19-21H,7-8,13-18H2,1-3H3,(H,30,38). The van der Waals surface area contributed by atoms with Crippen LogP contribution in [-0.2, 0) is 0 Å². The number of unbranched alkanes of at least 4 members (excludes halogenated alkanes) is 1. The normalized spacial score (nSPS) is 13.7. The number of methoxy groups -OCH3 is 1. The lowest BCUT2D eigenvalue weighted by Crippen LogP contribution is -2.47. The molecule has 3 heterocycles. The number of carbonyl (C=O) groups is 1. The molecule has 0 spiro atoms. The van der Waals surface area contributed by atoms with Crippen LogP contribution < -0.4 is 19.9 Å². The Morgan fingerprint density at radius 3 is 2.51 bits per heavy atom. The minimum absolute atomic E-state index is 0.0544. The first-order valence-electron chi connectivity index (χ1n) is 13.4. The van der Waals surface area contributed by atoms with Gasteiger partial charge >= 0.3 is 0 Å². The maximum atomic E-state index is 12.8. The first-order chi connectivity index (χ1) is 19.0. The summed E-state index contributed by atoms with van der Waals surface area (Å²) >= 11 is 0. The van der Waals surface area contributed by atoms with Gasteiger partial charge in [0.25, 0.3) is 5.91 Å². The van der Waals surface area contributed by atoms with E-state index in [1.54, 1.807) is 13.4 Å². The van der Waals surface area contributed by atoms with Crippen LogP contribution in [-0.4, -0.2) is 91.0 Å². The molecule has 10 nitrogen and oxygen atoms in total. The van der Waals surface area contributed by atoms with Crippen LogP contribution in [0, 0.1) is 0 Å². The van der Waals surface area contributed by atoms with Crippen molar-refractivity contribution in [1.82, 2.24) is 30.0 Å². The van der Waals surface area contributed by atoms with Crippen molar-refractivity contribution in [2.45, 2.75) is 12.8 Å². The fourth-order valence-electron chi connectivity index (χ4n) is 4.94. The first kappa shape index (κ1) is 26.4. The number of ether oxygens (including phenoxy) is 1. The van der Waals surface area contributed by atoms with Gasteiger partial charge in [-0.05, 0) is 63.8 Å². The van der Waals surface area contributed by atoms with E-state index in [1.807, 2.05) is 59.4 Å². The van der Waals surface area contributed by atoms with Crippen molar-refractivity contribution in [2.75, 3.05) is 70.3 Å². The van der Waals surface area contributed by atoms with Gasteiger partial charge in [0.05, 0.1) is 30.1 Å². The molecule has 2 aromatic heterocycles. The Kier molecular flexibility index (Phi) is 8.21. The Morgan fingerprint density at radius 1 is 1.00 bits per heavy atom. The third-order valence-corrected chi connectivity index (χ3v) is 7.02. The maximum Gasteiger partial charge on any atom is 0.251 e. The van der Waals surface area contributed by atoms with Crippen LogP contribution in [0.15, 0.2) is 61.1 Å². The molecule has 39 heavy (non-hydrogen) atoms. The molecule has 204 valence electrons. The van der Waals surface area contributed by atoms with E-state index in [0.29, 0.717) is 12.1 Å². The number of rotatable bonds is 10. The zero-order chi connectivity index (χ0) is 27.2. The van der Waals surface area contributed by atoms with Gasteiger partial charge in [0.1, 0.15) is 17.9 Å². The van der Waals surface area contributed by atoms with Gasteiger partial charge in [0, 0.05) is 38.3 Å². The van der Waals surface area contributed by atoms with Gasteiger partial charge in [-0.15, -0.1) is 0 Å². The highest BCUT2D eigenvalue weighted by Crippen LogP contribution is 2.32. The SMILES string of the molecule is COc1ccc(C(=O)NCCCCN(C)C)cc1N1CCN(c2ncnc3c2cnn3-c2ccccc2)CC1. The molecule has 2 aromatic carbocycles. The number of anilines is 2. The van der Waals surface area contributed by atoms with Crippen LogP contribution in [0.1, 0.15) is 23.2 Å². The van der Waals surface area contributed by atoms with Crippen molar-refractivity contribution in [1.29, 1.82) is 0 Å². The molecule has 1 saturated heterocycles. The zero-order valence-corrected chi connectivity index (χ0v) is 22.9. The summed E-state index contributed by atoms with van der Waals surface area (Å²) in [6, 6.07) is 15.6. The minimum atomic E-state index is -0.0544. The second-order valence-electron chi connectivity index (χ2n) is 9.95. The van der Waals surface area contributed by atoms with Gasteiger partial charge in [0.15, 0.2) is 5.65 Å². The number of hydrogen-bond donors (Lipinski definition) is 1. The van der Waals surface area contributed by atoms with Gasteiger partial charge in [-0.25, -0.2) is 14.6 Å². The van der Waals surface area contributed by atoms with E-state index in [1.165, 1.54) is 0 Å². The summed E-state index contributed by atoms with van der Waals surface area (Å²) in [5, 5.41) is 8.57. The summed E-state index contributed by atoms with van der Waals surface area (Å²) in [6.07, 6.45) is 5.46. The Hall–Kier alpha value is -4.18. The molecule has 4 aromatic rings. The number of nitrogens with one attached hydrogen (secondary N) is 1. The molecule has 1 N–H and O–H groups in total. The Balaban J connectivity index is 1.27. The average Bonchev–Trinajstić information content (AvgIpc) is 3.41.